The molecular weight excluding hydrogens is 356 g/mol. The molecule has 2 fully saturated rings. The number of ether oxygens (including phenoxy) is 1. The average molecular weight is 382 g/mol. The van der Waals surface area contributed by atoms with Gasteiger partial charge in [0.15, 0.2) is 11.5 Å². The van der Waals surface area contributed by atoms with Gasteiger partial charge in [-0.3, -0.25) is 4.79 Å². The number of hydrogen-bond acceptors (Lipinski definition) is 7. The molecule has 0 atom stereocenters. The molecule has 0 saturated carbocycles. The Hall–Kier alpha value is -2.71. The number of nitrogens with zero attached hydrogens (tertiary/aromatic N) is 5. The number of aromatic nitrogens is 2. The highest BCUT2D eigenvalue weighted by molar-refractivity contribution is 6.04. The van der Waals surface area contributed by atoms with Gasteiger partial charge in [0.1, 0.15) is 0 Å². The van der Waals surface area contributed by atoms with E-state index in [1.54, 1.807) is 6.07 Å². The molecule has 3 heterocycles. The van der Waals surface area contributed by atoms with Gasteiger partial charge in [-0.15, -0.1) is 10.2 Å². The molecule has 1 N–H and O–H groups in total. The molecule has 0 aliphatic carbocycles. The van der Waals surface area contributed by atoms with Crippen LogP contribution >= 0.6 is 0 Å². The Morgan fingerprint density at radius 3 is 2.39 bits per heavy atom. The second-order valence-electron chi connectivity index (χ2n) is 7.14. The van der Waals surface area contributed by atoms with E-state index in [9.17, 15) is 4.79 Å². The SMILES string of the molecule is CN1CCN(c2ccc(C(=O)Nc3ccccc3N3CCOCC3)nn2)CC1. The summed E-state index contributed by atoms with van der Waals surface area (Å²) >= 11 is 0. The predicted molar refractivity (Wildman–Crippen MR) is 109 cm³/mol. The summed E-state index contributed by atoms with van der Waals surface area (Å²) in [5.41, 5.74) is 2.09. The molecule has 2 aliphatic rings. The predicted octanol–water partition coefficient (Wildman–Crippen LogP) is 1.32. The Balaban J connectivity index is 1.44. The summed E-state index contributed by atoms with van der Waals surface area (Å²) in [4.78, 5) is 19.4. The van der Waals surface area contributed by atoms with Crippen molar-refractivity contribution in [2.24, 2.45) is 0 Å². The Labute approximate surface area is 165 Å². The monoisotopic (exact) mass is 382 g/mol. The van der Waals surface area contributed by atoms with Gasteiger partial charge in [-0.1, -0.05) is 12.1 Å². The Morgan fingerprint density at radius 2 is 1.68 bits per heavy atom. The van der Waals surface area contributed by atoms with Crippen LogP contribution in [0.4, 0.5) is 17.2 Å². The van der Waals surface area contributed by atoms with Crippen LogP contribution in [0.25, 0.3) is 0 Å². The molecule has 1 amide bonds. The number of likely N-dealkylation sites (N-methyl/N-ethyl adjacent to an activating group) is 1. The van der Waals surface area contributed by atoms with E-state index >= 15 is 0 Å². The summed E-state index contributed by atoms with van der Waals surface area (Å²) in [5.74, 6) is 0.566. The minimum atomic E-state index is -0.252. The fourth-order valence-corrected chi connectivity index (χ4v) is 3.50. The number of hydrogen-bond donors (Lipinski definition) is 1. The molecular formula is C20H26N6O2. The van der Waals surface area contributed by atoms with Crippen LogP contribution in [-0.2, 0) is 4.74 Å². The number of carbonyl (C=O) groups is 1. The Kier molecular flexibility index (Phi) is 5.68. The van der Waals surface area contributed by atoms with Gasteiger partial charge in [-0.25, -0.2) is 0 Å². The van der Waals surface area contributed by atoms with Crippen molar-refractivity contribution in [3.8, 4) is 0 Å². The summed E-state index contributed by atoms with van der Waals surface area (Å²) in [7, 11) is 2.12. The Bertz CT molecular complexity index is 799. The zero-order valence-corrected chi connectivity index (χ0v) is 16.2. The lowest BCUT2D eigenvalue weighted by atomic mass is 10.2. The van der Waals surface area contributed by atoms with Gasteiger partial charge in [0.2, 0.25) is 0 Å². The highest BCUT2D eigenvalue weighted by Gasteiger charge is 2.19. The molecule has 1 aromatic heterocycles. The molecule has 0 unspecified atom stereocenters. The molecule has 148 valence electrons. The average Bonchev–Trinajstić information content (AvgIpc) is 2.75. The van der Waals surface area contributed by atoms with E-state index in [4.69, 9.17) is 4.74 Å². The molecule has 0 radical (unpaired) electrons. The van der Waals surface area contributed by atoms with E-state index < -0.39 is 0 Å². The lowest BCUT2D eigenvalue weighted by molar-refractivity contribution is 0.102. The number of morpholine rings is 1. The fourth-order valence-electron chi connectivity index (χ4n) is 3.50. The molecule has 2 aromatic rings. The summed E-state index contributed by atoms with van der Waals surface area (Å²) in [5, 5.41) is 11.4. The van der Waals surface area contributed by atoms with Crippen LogP contribution in [-0.4, -0.2) is 80.5 Å². The first-order valence-corrected chi connectivity index (χ1v) is 9.71. The third-order valence-electron chi connectivity index (χ3n) is 5.21. The third kappa shape index (κ3) is 4.23. The summed E-state index contributed by atoms with van der Waals surface area (Å²) in [6, 6.07) is 11.4. The number of anilines is 3. The molecule has 0 spiro atoms. The summed E-state index contributed by atoms with van der Waals surface area (Å²) in [6.45, 7) is 6.86. The van der Waals surface area contributed by atoms with E-state index in [1.807, 2.05) is 30.3 Å². The van der Waals surface area contributed by atoms with Crippen LogP contribution in [0.15, 0.2) is 36.4 Å². The first kappa shape index (κ1) is 18.6. The van der Waals surface area contributed by atoms with E-state index in [-0.39, 0.29) is 5.91 Å². The highest BCUT2D eigenvalue weighted by atomic mass is 16.5. The van der Waals surface area contributed by atoms with Crippen LogP contribution in [0.3, 0.4) is 0 Å². The standard InChI is InChI=1S/C20H26N6O2/c1-24-8-10-26(11-9-24)19-7-6-17(22-23-19)20(27)21-16-4-2-3-5-18(16)25-12-14-28-15-13-25/h2-7H,8-15H2,1H3,(H,21,27). The molecule has 8 nitrogen and oxygen atoms in total. The molecule has 0 bridgehead atoms. The van der Waals surface area contributed by atoms with Gasteiger partial charge < -0.3 is 24.8 Å². The summed E-state index contributed by atoms with van der Waals surface area (Å²) < 4.78 is 5.42. The van der Waals surface area contributed by atoms with Crippen LogP contribution in [0.2, 0.25) is 0 Å². The normalized spacial score (nSPS) is 18.2. The third-order valence-corrected chi connectivity index (χ3v) is 5.21. The molecule has 2 saturated heterocycles. The van der Waals surface area contributed by atoms with Crippen molar-refractivity contribution in [3.05, 3.63) is 42.1 Å². The van der Waals surface area contributed by atoms with Gasteiger partial charge in [0.05, 0.1) is 24.6 Å². The summed E-state index contributed by atoms with van der Waals surface area (Å²) in [6.07, 6.45) is 0. The lowest BCUT2D eigenvalue weighted by Crippen LogP contribution is -2.44. The van der Waals surface area contributed by atoms with E-state index in [2.05, 4.69) is 37.3 Å². The smallest absolute Gasteiger partial charge is 0.276 e. The lowest BCUT2D eigenvalue weighted by Gasteiger charge is -2.32. The number of amides is 1. The number of piperazine rings is 1. The van der Waals surface area contributed by atoms with Gasteiger partial charge in [-0.05, 0) is 31.3 Å². The number of rotatable bonds is 4. The van der Waals surface area contributed by atoms with E-state index in [0.29, 0.717) is 18.9 Å². The molecule has 28 heavy (non-hydrogen) atoms. The van der Waals surface area contributed by atoms with Crippen molar-refractivity contribution in [1.29, 1.82) is 0 Å². The molecule has 4 rings (SSSR count). The zero-order valence-electron chi connectivity index (χ0n) is 16.2. The molecule has 8 heteroatoms. The van der Waals surface area contributed by atoms with Crippen LogP contribution < -0.4 is 15.1 Å². The van der Waals surface area contributed by atoms with Crippen molar-refractivity contribution in [2.75, 3.05) is 74.6 Å². The molecule has 2 aliphatic heterocycles. The van der Waals surface area contributed by atoms with Gasteiger partial charge in [-0.2, -0.15) is 0 Å². The van der Waals surface area contributed by atoms with Crippen molar-refractivity contribution in [3.63, 3.8) is 0 Å². The van der Waals surface area contributed by atoms with E-state index in [0.717, 1.165) is 56.5 Å². The first-order valence-electron chi connectivity index (χ1n) is 9.71. The van der Waals surface area contributed by atoms with Gasteiger partial charge >= 0.3 is 0 Å². The van der Waals surface area contributed by atoms with Gasteiger partial charge in [0, 0.05) is 39.3 Å². The first-order chi connectivity index (χ1) is 13.7. The second-order valence-corrected chi connectivity index (χ2v) is 7.14. The number of para-hydroxylation sites is 2. The van der Waals surface area contributed by atoms with E-state index in [1.165, 1.54) is 0 Å². The quantitative estimate of drug-likeness (QED) is 0.855. The van der Waals surface area contributed by atoms with Crippen molar-refractivity contribution >= 4 is 23.1 Å². The van der Waals surface area contributed by atoms with Crippen LogP contribution in [0.5, 0.6) is 0 Å². The topological polar surface area (TPSA) is 73.8 Å². The van der Waals surface area contributed by atoms with Crippen molar-refractivity contribution in [2.45, 2.75) is 0 Å². The minimum Gasteiger partial charge on any atom is -0.378 e. The second kappa shape index (κ2) is 8.53. The van der Waals surface area contributed by atoms with Crippen molar-refractivity contribution in [1.82, 2.24) is 15.1 Å². The molecule has 1 aromatic carbocycles. The minimum absolute atomic E-state index is 0.252. The largest absolute Gasteiger partial charge is 0.378 e. The highest BCUT2D eigenvalue weighted by Crippen LogP contribution is 2.26. The maximum atomic E-state index is 12.7. The number of benzene rings is 1. The maximum Gasteiger partial charge on any atom is 0.276 e. The number of carbonyl (C=O) groups excluding carboxylic acids is 1. The fraction of sp³-hybridized carbons (Fsp3) is 0.450. The Morgan fingerprint density at radius 1 is 0.929 bits per heavy atom. The number of nitrogens with one attached hydrogen (secondary N) is 1. The van der Waals surface area contributed by atoms with Crippen molar-refractivity contribution < 1.29 is 9.53 Å². The van der Waals surface area contributed by atoms with Gasteiger partial charge in [0.25, 0.3) is 5.91 Å². The maximum absolute atomic E-state index is 12.7. The van der Waals surface area contributed by atoms with Crippen LogP contribution in [0, 0.1) is 0 Å². The zero-order chi connectivity index (χ0) is 19.3. The van der Waals surface area contributed by atoms with Crippen LogP contribution in [0.1, 0.15) is 10.5 Å².